The number of rotatable bonds is 6. The van der Waals surface area contributed by atoms with Crippen molar-refractivity contribution in [3.8, 4) is 11.5 Å². The van der Waals surface area contributed by atoms with Gasteiger partial charge in [-0.25, -0.2) is 0 Å². The van der Waals surface area contributed by atoms with Gasteiger partial charge in [-0.2, -0.15) is 0 Å². The first-order chi connectivity index (χ1) is 18.1. The molecule has 3 aromatic carbocycles. The summed E-state index contributed by atoms with van der Waals surface area (Å²) in [5, 5.41) is 2.20. The number of morpholine rings is 1. The molecule has 3 heterocycles. The maximum atomic E-state index is 14.1. The molecule has 1 fully saturated rings. The molecule has 1 saturated heterocycles. The summed E-state index contributed by atoms with van der Waals surface area (Å²) in [6.07, 6.45) is 0. The lowest BCUT2D eigenvalue weighted by Gasteiger charge is -2.31. The Morgan fingerprint density at radius 3 is 2.51 bits per heavy atom. The first kappa shape index (κ1) is 23.5. The van der Waals surface area contributed by atoms with Gasteiger partial charge in [0.05, 0.1) is 44.4 Å². The molecule has 1 aromatic heterocycles. The van der Waals surface area contributed by atoms with Gasteiger partial charge in [-0.3, -0.25) is 14.5 Å². The number of hydrogen-bond acceptors (Lipinski definition) is 7. The minimum atomic E-state index is -0.666. The minimum absolute atomic E-state index is 0.0886. The van der Waals surface area contributed by atoms with Crippen LogP contribution in [0.3, 0.4) is 0 Å². The van der Waals surface area contributed by atoms with Gasteiger partial charge in [0.2, 0.25) is 5.76 Å². The number of benzene rings is 3. The molecule has 2 aliphatic heterocycles. The number of carbonyl (C=O) groups excluding carboxylic acids is 1. The molecule has 37 heavy (non-hydrogen) atoms. The highest BCUT2D eigenvalue weighted by atomic mass is 16.5. The molecule has 0 spiro atoms. The molecule has 8 heteroatoms. The molecule has 0 aliphatic carbocycles. The fourth-order valence-electron chi connectivity index (χ4n) is 5.43. The van der Waals surface area contributed by atoms with Crippen molar-refractivity contribution in [2.24, 2.45) is 0 Å². The van der Waals surface area contributed by atoms with Gasteiger partial charge < -0.3 is 23.5 Å². The second-order valence-corrected chi connectivity index (χ2v) is 9.30. The van der Waals surface area contributed by atoms with Gasteiger partial charge in [0, 0.05) is 37.1 Å². The highest BCUT2D eigenvalue weighted by Gasteiger charge is 2.44. The fourth-order valence-corrected chi connectivity index (χ4v) is 5.43. The van der Waals surface area contributed by atoms with Gasteiger partial charge in [0.15, 0.2) is 5.43 Å². The highest BCUT2D eigenvalue weighted by Crippen LogP contribution is 2.43. The van der Waals surface area contributed by atoms with Gasteiger partial charge in [0.25, 0.3) is 5.91 Å². The summed E-state index contributed by atoms with van der Waals surface area (Å²) < 4.78 is 23.0. The normalized spacial score (nSPS) is 17.9. The van der Waals surface area contributed by atoms with Crippen LogP contribution in [-0.2, 0) is 4.74 Å². The van der Waals surface area contributed by atoms with Gasteiger partial charge in [-0.15, -0.1) is 0 Å². The monoisotopic (exact) mass is 500 g/mol. The van der Waals surface area contributed by atoms with Crippen LogP contribution >= 0.6 is 0 Å². The first-order valence-electron chi connectivity index (χ1n) is 12.4. The fraction of sp³-hybridized carbons (Fsp3) is 0.310. The van der Waals surface area contributed by atoms with Gasteiger partial charge >= 0.3 is 0 Å². The lowest BCUT2D eigenvalue weighted by molar-refractivity contribution is 0.0314. The van der Waals surface area contributed by atoms with Crippen molar-refractivity contribution in [2.75, 3.05) is 53.6 Å². The molecule has 1 amide bonds. The van der Waals surface area contributed by atoms with Crippen LogP contribution in [-0.4, -0.2) is 69.3 Å². The zero-order chi connectivity index (χ0) is 25.5. The van der Waals surface area contributed by atoms with Crippen LogP contribution in [0.1, 0.15) is 27.7 Å². The van der Waals surface area contributed by atoms with Crippen LogP contribution in [0.5, 0.6) is 11.5 Å². The van der Waals surface area contributed by atoms with Gasteiger partial charge in [-0.05, 0) is 29.7 Å². The molecule has 8 nitrogen and oxygen atoms in total. The van der Waals surface area contributed by atoms with Crippen molar-refractivity contribution in [1.82, 2.24) is 9.80 Å². The molecule has 0 saturated carbocycles. The Kier molecular flexibility index (Phi) is 6.06. The molecule has 1 atom stereocenters. The second-order valence-electron chi connectivity index (χ2n) is 9.30. The summed E-state index contributed by atoms with van der Waals surface area (Å²) in [5.74, 6) is 0.970. The average Bonchev–Trinajstić information content (AvgIpc) is 3.23. The van der Waals surface area contributed by atoms with E-state index in [0.29, 0.717) is 59.9 Å². The minimum Gasteiger partial charge on any atom is -0.497 e. The van der Waals surface area contributed by atoms with Crippen LogP contribution in [0.2, 0.25) is 0 Å². The van der Waals surface area contributed by atoms with Gasteiger partial charge in [-0.1, -0.05) is 30.3 Å². The third-order valence-corrected chi connectivity index (χ3v) is 7.35. The third kappa shape index (κ3) is 3.93. The Bertz CT molecular complexity index is 1560. The zero-order valence-corrected chi connectivity index (χ0v) is 20.9. The summed E-state index contributed by atoms with van der Waals surface area (Å²) in [4.78, 5) is 32.0. The molecular formula is C29H28N2O6. The SMILES string of the molecule is COc1ccc(OC)c(C2c3c(oc4c(ccc5ccccc54)c3=O)C(=O)N2CCN2CCOCC2)c1. The molecule has 1 unspecified atom stereocenters. The lowest BCUT2D eigenvalue weighted by atomic mass is 9.96. The third-order valence-electron chi connectivity index (χ3n) is 7.35. The molecule has 6 rings (SSSR count). The predicted octanol–water partition coefficient (Wildman–Crippen LogP) is 3.84. The van der Waals surface area contributed by atoms with E-state index in [4.69, 9.17) is 18.6 Å². The molecule has 0 radical (unpaired) electrons. The topological polar surface area (TPSA) is 81.5 Å². The van der Waals surface area contributed by atoms with E-state index in [1.807, 2.05) is 36.4 Å². The Morgan fingerprint density at radius 1 is 0.919 bits per heavy atom. The number of methoxy groups -OCH3 is 2. The van der Waals surface area contributed by atoms with Crippen molar-refractivity contribution in [3.63, 3.8) is 0 Å². The van der Waals surface area contributed by atoms with Crippen LogP contribution in [0.25, 0.3) is 21.7 Å². The largest absolute Gasteiger partial charge is 0.497 e. The zero-order valence-electron chi connectivity index (χ0n) is 20.9. The van der Waals surface area contributed by atoms with Crippen LogP contribution in [0.4, 0.5) is 0 Å². The summed E-state index contributed by atoms with van der Waals surface area (Å²) in [5.41, 5.74) is 1.24. The molecule has 0 N–H and O–H groups in total. The number of fused-ring (bicyclic) bond motifs is 4. The van der Waals surface area contributed by atoms with Crippen LogP contribution in [0.15, 0.2) is 63.8 Å². The number of nitrogens with zero attached hydrogens (tertiary/aromatic N) is 2. The predicted molar refractivity (Wildman–Crippen MR) is 140 cm³/mol. The van der Waals surface area contributed by atoms with Crippen LogP contribution in [0, 0.1) is 0 Å². The van der Waals surface area contributed by atoms with E-state index in [-0.39, 0.29) is 17.1 Å². The molecule has 190 valence electrons. The van der Waals surface area contributed by atoms with E-state index in [9.17, 15) is 9.59 Å². The average molecular weight is 501 g/mol. The Morgan fingerprint density at radius 2 is 1.73 bits per heavy atom. The molecule has 0 bridgehead atoms. The summed E-state index contributed by atoms with van der Waals surface area (Å²) >= 11 is 0. The maximum absolute atomic E-state index is 14.1. The van der Waals surface area contributed by atoms with E-state index < -0.39 is 6.04 Å². The van der Waals surface area contributed by atoms with E-state index in [2.05, 4.69) is 4.90 Å². The summed E-state index contributed by atoms with van der Waals surface area (Å²) in [6, 6.07) is 16.2. The lowest BCUT2D eigenvalue weighted by Crippen LogP contribution is -2.42. The Balaban J connectivity index is 1.54. The van der Waals surface area contributed by atoms with Gasteiger partial charge in [0.1, 0.15) is 17.1 Å². The van der Waals surface area contributed by atoms with Crippen molar-refractivity contribution >= 4 is 27.6 Å². The molecule has 2 aliphatic rings. The van der Waals surface area contributed by atoms with Crippen molar-refractivity contribution in [3.05, 3.63) is 81.7 Å². The number of carbonyl (C=O) groups is 1. The standard InChI is InChI=1S/C29H28N2O6/c1-34-19-8-10-23(35-2)22(17-19)25-24-26(32)21-9-7-18-5-3-4-6-20(18)27(21)37-28(24)29(33)31(25)12-11-30-13-15-36-16-14-30/h3-10,17,25H,11-16H2,1-2H3. The van der Waals surface area contributed by atoms with E-state index in [1.54, 1.807) is 37.3 Å². The quantitative estimate of drug-likeness (QED) is 0.372. The number of ether oxygens (including phenoxy) is 3. The van der Waals surface area contributed by atoms with Crippen molar-refractivity contribution < 1.29 is 23.4 Å². The summed E-state index contributed by atoms with van der Waals surface area (Å²) in [7, 11) is 3.17. The van der Waals surface area contributed by atoms with E-state index in [1.165, 1.54) is 0 Å². The smallest absolute Gasteiger partial charge is 0.290 e. The maximum Gasteiger partial charge on any atom is 0.290 e. The van der Waals surface area contributed by atoms with Crippen LogP contribution < -0.4 is 14.9 Å². The number of amides is 1. The first-order valence-corrected chi connectivity index (χ1v) is 12.4. The molecular weight excluding hydrogens is 472 g/mol. The molecule has 4 aromatic rings. The van der Waals surface area contributed by atoms with E-state index >= 15 is 0 Å². The highest BCUT2D eigenvalue weighted by molar-refractivity contribution is 6.06. The number of hydrogen-bond donors (Lipinski definition) is 0. The Hall–Kier alpha value is -3.88. The van der Waals surface area contributed by atoms with Crippen molar-refractivity contribution in [1.29, 1.82) is 0 Å². The summed E-state index contributed by atoms with van der Waals surface area (Å²) in [6.45, 7) is 4.01. The van der Waals surface area contributed by atoms with Crippen molar-refractivity contribution in [2.45, 2.75) is 6.04 Å². The Labute approximate surface area is 213 Å². The second kappa shape index (κ2) is 9.53. The van der Waals surface area contributed by atoms with E-state index in [0.717, 1.165) is 23.9 Å².